The molecule has 0 aromatic carbocycles. The molecule has 0 saturated carbocycles. The first-order valence-corrected chi connectivity index (χ1v) is 6.50. The van der Waals surface area contributed by atoms with Crippen molar-refractivity contribution in [2.75, 3.05) is 18.1 Å². The van der Waals surface area contributed by atoms with Crippen molar-refractivity contribution in [3.8, 4) is 0 Å². The van der Waals surface area contributed by atoms with Crippen molar-refractivity contribution >= 4 is 11.8 Å². The summed E-state index contributed by atoms with van der Waals surface area (Å²) in [5.74, 6) is 0.429. The van der Waals surface area contributed by atoms with Crippen LogP contribution in [0.2, 0.25) is 0 Å². The molecule has 1 aromatic heterocycles. The van der Waals surface area contributed by atoms with E-state index >= 15 is 0 Å². The van der Waals surface area contributed by atoms with Crippen molar-refractivity contribution in [3.63, 3.8) is 0 Å². The van der Waals surface area contributed by atoms with Crippen LogP contribution in [0.5, 0.6) is 0 Å². The molecule has 98 valence electrons. The smallest absolute Gasteiger partial charge is 0.358 e. The zero-order valence-electron chi connectivity index (χ0n) is 10.9. The molecule has 2 rings (SSSR count). The minimum Gasteiger partial charge on any atom is -0.461 e. The van der Waals surface area contributed by atoms with Crippen molar-refractivity contribution in [2.24, 2.45) is 0 Å². The maximum atomic E-state index is 11.5. The van der Waals surface area contributed by atoms with E-state index in [-0.39, 0.29) is 5.69 Å². The molecule has 18 heavy (non-hydrogen) atoms. The van der Waals surface area contributed by atoms with Gasteiger partial charge in [0.2, 0.25) is 0 Å². The van der Waals surface area contributed by atoms with Gasteiger partial charge in [0.05, 0.1) is 6.61 Å². The number of ether oxygens (including phenoxy) is 1. The van der Waals surface area contributed by atoms with Crippen molar-refractivity contribution in [1.29, 1.82) is 0 Å². The number of rotatable bonds is 3. The average molecular weight is 249 g/mol. The topological polar surface area (TPSA) is 55.3 Å². The normalized spacial score (nSPS) is 19.7. The van der Waals surface area contributed by atoms with Gasteiger partial charge in [-0.15, -0.1) is 10.2 Å². The second-order valence-electron chi connectivity index (χ2n) is 4.54. The van der Waals surface area contributed by atoms with Crippen LogP contribution in [0, 0.1) is 0 Å². The highest BCUT2D eigenvalue weighted by Crippen LogP contribution is 2.22. The molecule has 0 radical (unpaired) electrons. The van der Waals surface area contributed by atoms with Gasteiger partial charge in [-0.3, -0.25) is 0 Å². The summed E-state index contributed by atoms with van der Waals surface area (Å²) in [6.45, 7) is 5.33. The van der Waals surface area contributed by atoms with Crippen LogP contribution in [-0.4, -0.2) is 35.4 Å². The summed E-state index contributed by atoms with van der Waals surface area (Å²) in [6.07, 6.45) is 3.64. The van der Waals surface area contributed by atoms with Gasteiger partial charge in [-0.2, -0.15) is 0 Å². The largest absolute Gasteiger partial charge is 0.461 e. The molecule has 1 unspecified atom stereocenters. The quantitative estimate of drug-likeness (QED) is 0.767. The van der Waals surface area contributed by atoms with Crippen molar-refractivity contribution in [1.82, 2.24) is 10.2 Å². The summed E-state index contributed by atoms with van der Waals surface area (Å²) in [7, 11) is 0. The van der Waals surface area contributed by atoms with E-state index in [0.29, 0.717) is 12.6 Å². The lowest BCUT2D eigenvalue weighted by Crippen LogP contribution is -2.38. The number of carbonyl (C=O) groups excluding carboxylic acids is 1. The summed E-state index contributed by atoms with van der Waals surface area (Å²) in [6, 6.07) is 4.02. The molecule has 1 atom stereocenters. The van der Waals surface area contributed by atoms with Crippen LogP contribution in [-0.2, 0) is 4.74 Å². The average Bonchev–Trinajstić information content (AvgIpc) is 2.40. The minimum absolute atomic E-state index is 0.269. The Morgan fingerprint density at radius 2 is 2.28 bits per heavy atom. The standard InChI is InChI=1S/C13H19N3O2/c1-3-18-13(17)11-7-8-12(15-14-11)16-9-5-4-6-10(16)2/h7-8,10H,3-6,9H2,1-2H3. The molecule has 1 aliphatic rings. The highest BCUT2D eigenvalue weighted by molar-refractivity contribution is 5.87. The van der Waals surface area contributed by atoms with Gasteiger partial charge in [0.15, 0.2) is 11.5 Å². The van der Waals surface area contributed by atoms with Gasteiger partial charge in [0, 0.05) is 12.6 Å². The molecule has 0 aliphatic carbocycles. The maximum absolute atomic E-state index is 11.5. The van der Waals surface area contributed by atoms with E-state index in [0.717, 1.165) is 12.4 Å². The number of carbonyl (C=O) groups is 1. The van der Waals surface area contributed by atoms with Crippen LogP contribution in [0.15, 0.2) is 12.1 Å². The molecule has 1 aromatic rings. The molecule has 1 fully saturated rings. The zero-order chi connectivity index (χ0) is 13.0. The predicted molar refractivity (Wildman–Crippen MR) is 68.6 cm³/mol. The van der Waals surface area contributed by atoms with Crippen LogP contribution in [0.25, 0.3) is 0 Å². The third-order valence-corrected chi connectivity index (χ3v) is 3.23. The number of aromatic nitrogens is 2. The highest BCUT2D eigenvalue weighted by Gasteiger charge is 2.20. The molecule has 0 amide bonds. The van der Waals surface area contributed by atoms with E-state index < -0.39 is 5.97 Å². The van der Waals surface area contributed by atoms with Gasteiger partial charge < -0.3 is 9.64 Å². The number of hydrogen-bond acceptors (Lipinski definition) is 5. The van der Waals surface area contributed by atoms with Crippen LogP contribution in [0.1, 0.15) is 43.6 Å². The number of esters is 1. The Morgan fingerprint density at radius 1 is 1.44 bits per heavy atom. The third-order valence-electron chi connectivity index (χ3n) is 3.23. The van der Waals surface area contributed by atoms with E-state index in [4.69, 9.17) is 4.74 Å². The van der Waals surface area contributed by atoms with E-state index in [1.807, 2.05) is 6.07 Å². The summed E-state index contributed by atoms with van der Waals surface area (Å²) in [5, 5.41) is 8.07. The fraction of sp³-hybridized carbons (Fsp3) is 0.615. The first-order valence-electron chi connectivity index (χ1n) is 6.50. The Hall–Kier alpha value is -1.65. The maximum Gasteiger partial charge on any atom is 0.358 e. The third kappa shape index (κ3) is 2.78. The summed E-state index contributed by atoms with van der Waals surface area (Å²) >= 11 is 0. The van der Waals surface area contributed by atoms with Crippen LogP contribution in [0.4, 0.5) is 5.82 Å². The van der Waals surface area contributed by atoms with Gasteiger partial charge in [-0.05, 0) is 45.2 Å². The summed E-state index contributed by atoms with van der Waals surface area (Å²) in [5.41, 5.74) is 0.269. The lowest BCUT2D eigenvalue weighted by molar-refractivity contribution is 0.0518. The van der Waals surface area contributed by atoms with Crippen LogP contribution < -0.4 is 4.90 Å². The van der Waals surface area contributed by atoms with Gasteiger partial charge in [0.1, 0.15) is 0 Å². The van der Waals surface area contributed by atoms with E-state index in [2.05, 4.69) is 22.0 Å². The lowest BCUT2D eigenvalue weighted by Gasteiger charge is -2.33. The Kier molecular flexibility index (Phi) is 4.12. The molecule has 0 spiro atoms. The molecule has 1 saturated heterocycles. The Morgan fingerprint density at radius 3 is 2.89 bits per heavy atom. The Balaban J connectivity index is 2.09. The minimum atomic E-state index is -0.414. The number of anilines is 1. The molecule has 0 bridgehead atoms. The number of piperidine rings is 1. The molecule has 0 N–H and O–H groups in total. The molecule has 2 heterocycles. The zero-order valence-corrected chi connectivity index (χ0v) is 10.9. The van der Waals surface area contributed by atoms with E-state index in [1.165, 1.54) is 19.3 Å². The van der Waals surface area contributed by atoms with Gasteiger partial charge >= 0.3 is 5.97 Å². The first kappa shape index (κ1) is 12.8. The second kappa shape index (κ2) is 5.80. The fourth-order valence-corrected chi connectivity index (χ4v) is 2.23. The first-order chi connectivity index (χ1) is 8.72. The SMILES string of the molecule is CCOC(=O)c1ccc(N2CCCCC2C)nn1. The number of nitrogens with zero attached hydrogens (tertiary/aromatic N) is 3. The monoisotopic (exact) mass is 249 g/mol. The van der Waals surface area contributed by atoms with Crippen LogP contribution >= 0.6 is 0 Å². The van der Waals surface area contributed by atoms with Crippen LogP contribution in [0.3, 0.4) is 0 Å². The molecule has 1 aliphatic heterocycles. The van der Waals surface area contributed by atoms with E-state index in [1.54, 1.807) is 13.0 Å². The fourth-order valence-electron chi connectivity index (χ4n) is 2.23. The lowest BCUT2D eigenvalue weighted by atomic mass is 10.0. The molecule has 5 heteroatoms. The summed E-state index contributed by atoms with van der Waals surface area (Å²) in [4.78, 5) is 13.7. The van der Waals surface area contributed by atoms with E-state index in [9.17, 15) is 4.79 Å². The van der Waals surface area contributed by atoms with Gasteiger partial charge in [-0.25, -0.2) is 4.79 Å². The predicted octanol–water partition coefficient (Wildman–Crippen LogP) is 2.03. The van der Waals surface area contributed by atoms with Gasteiger partial charge in [0.25, 0.3) is 0 Å². The van der Waals surface area contributed by atoms with Crippen molar-refractivity contribution < 1.29 is 9.53 Å². The van der Waals surface area contributed by atoms with Crippen molar-refractivity contribution in [2.45, 2.75) is 39.2 Å². The molecular weight excluding hydrogens is 230 g/mol. The molecular formula is C13H19N3O2. The Labute approximate surface area is 107 Å². The number of hydrogen-bond donors (Lipinski definition) is 0. The van der Waals surface area contributed by atoms with Crippen molar-refractivity contribution in [3.05, 3.63) is 17.8 Å². The highest BCUT2D eigenvalue weighted by atomic mass is 16.5. The van der Waals surface area contributed by atoms with Gasteiger partial charge in [-0.1, -0.05) is 0 Å². The Bertz CT molecular complexity index is 405. The molecule has 5 nitrogen and oxygen atoms in total. The summed E-state index contributed by atoms with van der Waals surface area (Å²) < 4.78 is 4.88. The second-order valence-corrected chi connectivity index (χ2v) is 4.54.